The van der Waals surface area contributed by atoms with E-state index < -0.39 is 0 Å². The molecule has 15 heavy (non-hydrogen) atoms. The van der Waals surface area contributed by atoms with Gasteiger partial charge in [0.15, 0.2) is 11.5 Å². The molecule has 1 aromatic carbocycles. The van der Waals surface area contributed by atoms with Gasteiger partial charge in [-0.05, 0) is 36.5 Å². The van der Waals surface area contributed by atoms with Crippen molar-refractivity contribution in [1.29, 1.82) is 0 Å². The Balaban J connectivity index is 1.90. The van der Waals surface area contributed by atoms with Gasteiger partial charge in [-0.3, -0.25) is 0 Å². The first kappa shape index (κ1) is 9.04. The third-order valence-corrected chi connectivity index (χ3v) is 3.32. The molecule has 1 aromatic rings. The normalized spacial score (nSPS) is 28.3. The van der Waals surface area contributed by atoms with E-state index in [0.29, 0.717) is 25.2 Å². The molecular weight excluding hydrogens is 190 g/mol. The van der Waals surface area contributed by atoms with Gasteiger partial charge in [-0.1, -0.05) is 6.07 Å². The molecule has 3 rings (SSSR count). The van der Waals surface area contributed by atoms with E-state index in [-0.39, 0.29) is 0 Å². The Morgan fingerprint density at radius 1 is 1.07 bits per heavy atom. The molecule has 2 N–H and O–H groups in total. The summed E-state index contributed by atoms with van der Waals surface area (Å²) in [4.78, 5) is 0. The van der Waals surface area contributed by atoms with Crippen molar-refractivity contribution in [1.82, 2.24) is 0 Å². The fourth-order valence-electron chi connectivity index (χ4n) is 2.23. The molecule has 3 nitrogen and oxygen atoms in total. The highest BCUT2D eigenvalue weighted by molar-refractivity contribution is 5.45. The average Bonchev–Trinajstić information content (AvgIpc) is 2.27. The molecule has 1 fully saturated rings. The van der Waals surface area contributed by atoms with Crippen molar-refractivity contribution < 1.29 is 9.47 Å². The molecule has 80 valence electrons. The summed E-state index contributed by atoms with van der Waals surface area (Å²) in [5, 5.41) is 0. The third kappa shape index (κ3) is 1.47. The van der Waals surface area contributed by atoms with Crippen LogP contribution >= 0.6 is 0 Å². The molecule has 0 amide bonds. The van der Waals surface area contributed by atoms with Gasteiger partial charge >= 0.3 is 0 Å². The second-order valence-corrected chi connectivity index (χ2v) is 4.25. The van der Waals surface area contributed by atoms with E-state index in [9.17, 15) is 0 Å². The van der Waals surface area contributed by atoms with Gasteiger partial charge in [-0.15, -0.1) is 0 Å². The highest BCUT2D eigenvalue weighted by atomic mass is 16.6. The summed E-state index contributed by atoms with van der Waals surface area (Å²) in [5.74, 6) is 2.25. The predicted molar refractivity (Wildman–Crippen MR) is 57.4 cm³/mol. The van der Waals surface area contributed by atoms with E-state index in [1.54, 1.807) is 0 Å². The molecule has 1 heterocycles. The van der Waals surface area contributed by atoms with Gasteiger partial charge < -0.3 is 15.2 Å². The maximum absolute atomic E-state index is 5.96. The summed E-state index contributed by atoms with van der Waals surface area (Å²) in [6.07, 6.45) is 2.33. The first-order valence-corrected chi connectivity index (χ1v) is 5.50. The fraction of sp³-hybridized carbons (Fsp3) is 0.500. The second kappa shape index (κ2) is 3.42. The Morgan fingerprint density at radius 3 is 2.53 bits per heavy atom. The monoisotopic (exact) mass is 205 g/mol. The fourth-order valence-corrected chi connectivity index (χ4v) is 2.23. The first-order valence-electron chi connectivity index (χ1n) is 5.50. The highest BCUT2D eigenvalue weighted by Gasteiger charge is 2.29. The molecule has 0 radical (unpaired) electrons. The first-order chi connectivity index (χ1) is 7.34. The van der Waals surface area contributed by atoms with Crippen LogP contribution in [0.2, 0.25) is 0 Å². The molecular formula is C12H15NO2. The van der Waals surface area contributed by atoms with Crippen LogP contribution in [0.15, 0.2) is 18.2 Å². The molecule has 1 aliphatic heterocycles. The summed E-state index contributed by atoms with van der Waals surface area (Å²) in [6.45, 7) is 1.29. The standard InChI is InChI=1S/C12H15NO2/c13-10-3-2-9(10)8-1-4-11-12(7-8)15-6-5-14-11/h1,4,7,9-10H,2-3,5-6,13H2. The van der Waals surface area contributed by atoms with Crippen molar-refractivity contribution >= 4 is 0 Å². The molecule has 1 saturated carbocycles. The molecule has 0 spiro atoms. The lowest BCUT2D eigenvalue weighted by Crippen LogP contribution is -2.37. The largest absolute Gasteiger partial charge is 0.486 e. The topological polar surface area (TPSA) is 44.5 Å². The molecule has 0 bridgehead atoms. The van der Waals surface area contributed by atoms with Gasteiger partial charge in [0.05, 0.1) is 0 Å². The van der Waals surface area contributed by atoms with Crippen LogP contribution in [-0.2, 0) is 0 Å². The average molecular weight is 205 g/mol. The molecule has 1 aliphatic carbocycles. The number of hydrogen-bond donors (Lipinski definition) is 1. The van der Waals surface area contributed by atoms with Crippen molar-refractivity contribution in [2.75, 3.05) is 13.2 Å². The van der Waals surface area contributed by atoms with Crippen LogP contribution in [0.3, 0.4) is 0 Å². The Kier molecular flexibility index (Phi) is 2.06. The predicted octanol–water partition coefficient (Wildman–Crippen LogP) is 1.66. The zero-order valence-electron chi connectivity index (χ0n) is 8.61. The number of hydrogen-bond acceptors (Lipinski definition) is 3. The van der Waals surface area contributed by atoms with Crippen molar-refractivity contribution in [3.05, 3.63) is 23.8 Å². The second-order valence-electron chi connectivity index (χ2n) is 4.25. The van der Waals surface area contributed by atoms with Crippen LogP contribution in [0.4, 0.5) is 0 Å². The van der Waals surface area contributed by atoms with Crippen LogP contribution in [0, 0.1) is 0 Å². The summed E-state index contributed by atoms with van der Waals surface area (Å²) in [7, 11) is 0. The van der Waals surface area contributed by atoms with Crippen molar-refractivity contribution in [2.45, 2.75) is 24.8 Å². The number of ether oxygens (including phenoxy) is 2. The van der Waals surface area contributed by atoms with Crippen molar-refractivity contribution in [3.63, 3.8) is 0 Å². The number of fused-ring (bicyclic) bond motifs is 1. The van der Waals surface area contributed by atoms with Crippen LogP contribution in [-0.4, -0.2) is 19.3 Å². The van der Waals surface area contributed by atoms with E-state index in [1.165, 1.54) is 12.0 Å². The summed E-state index contributed by atoms with van der Waals surface area (Å²) in [6, 6.07) is 6.51. The van der Waals surface area contributed by atoms with Crippen LogP contribution in [0.1, 0.15) is 24.3 Å². The summed E-state index contributed by atoms with van der Waals surface area (Å²) < 4.78 is 11.0. The number of benzene rings is 1. The number of nitrogens with two attached hydrogens (primary N) is 1. The van der Waals surface area contributed by atoms with Gasteiger partial charge in [0, 0.05) is 6.04 Å². The van der Waals surface area contributed by atoms with Crippen LogP contribution in [0.25, 0.3) is 0 Å². The molecule has 3 heteroatoms. The zero-order valence-corrected chi connectivity index (χ0v) is 8.61. The molecule has 0 saturated heterocycles. The van der Waals surface area contributed by atoms with Gasteiger partial charge in [0.1, 0.15) is 13.2 Å². The van der Waals surface area contributed by atoms with E-state index in [1.807, 2.05) is 6.07 Å². The smallest absolute Gasteiger partial charge is 0.161 e. The van der Waals surface area contributed by atoms with E-state index in [0.717, 1.165) is 17.9 Å². The van der Waals surface area contributed by atoms with Crippen LogP contribution in [0.5, 0.6) is 11.5 Å². The van der Waals surface area contributed by atoms with Crippen molar-refractivity contribution in [2.24, 2.45) is 5.73 Å². The highest BCUT2D eigenvalue weighted by Crippen LogP contribution is 2.39. The Labute approximate surface area is 89.2 Å². The molecule has 2 atom stereocenters. The van der Waals surface area contributed by atoms with E-state index in [2.05, 4.69) is 12.1 Å². The lowest BCUT2D eigenvalue weighted by molar-refractivity contribution is 0.171. The minimum absolute atomic E-state index is 0.326. The quantitative estimate of drug-likeness (QED) is 0.758. The van der Waals surface area contributed by atoms with Gasteiger partial charge in [0.2, 0.25) is 0 Å². The van der Waals surface area contributed by atoms with E-state index in [4.69, 9.17) is 15.2 Å². The Hall–Kier alpha value is -1.22. The van der Waals surface area contributed by atoms with E-state index >= 15 is 0 Å². The lowest BCUT2D eigenvalue weighted by Gasteiger charge is -2.34. The zero-order chi connectivity index (χ0) is 10.3. The van der Waals surface area contributed by atoms with Crippen LogP contribution < -0.4 is 15.2 Å². The Bertz CT molecular complexity index is 378. The molecule has 2 aliphatic rings. The van der Waals surface area contributed by atoms with Gasteiger partial charge in [-0.25, -0.2) is 0 Å². The van der Waals surface area contributed by atoms with Crippen molar-refractivity contribution in [3.8, 4) is 11.5 Å². The number of rotatable bonds is 1. The summed E-state index contributed by atoms with van der Waals surface area (Å²) >= 11 is 0. The minimum Gasteiger partial charge on any atom is -0.486 e. The van der Waals surface area contributed by atoms with Gasteiger partial charge in [-0.2, -0.15) is 0 Å². The Morgan fingerprint density at radius 2 is 1.87 bits per heavy atom. The third-order valence-electron chi connectivity index (χ3n) is 3.32. The van der Waals surface area contributed by atoms with Gasteiger partial charge in [0.25, 0.3) is 0 Å². The maximum atomic E-state index is 5.96. The minimum atomic E-state index is 0.326. The lowest BCUT2D eigenvalue weighted by atomic mass is 9.75. The summed E-state index contributed by atoms with van der Waals surface area (Å²) in [5.41, 5.74) is 7.25. The maximum Gasteiger partial charge on any atom is 0.161 e. The molecule has 2 unspecified atom stereocenters. The SMILES string of the molecule is NC1CCC1c1ccc2c(c1)OCCO2. The molecule has 0 aromatic heterocycles.